The van der Waals surface area contributed by atoms with Gasteiger partial charge in [-0.2, -0.15) is 0 Å². The average Bonchev–Trinajstić information content (AvgIpc) is 2.95. The molecule has 0 saturated heterocycles. The van der Waals surface area contributed by atoms with Crippen LogP contribution in [0.1, 0.15) is 13.8 Å². The molecule has 24 heavy (non-hydrogen) atoms. The maximum absolute atomic E-state index is 13.3. The van der Waals surface area contributed by atoms with Gasteiger partial charge in [-0.15, -0.1) is 0 Å². The number of aromatic nitrogens is 2. The lowest BCUT2D eigenvalue weighted by Crippen LogP contribution is -3.00. The Hall–Kier alpha value is -2.01. The molecule has 2 aromatic carbocycles. The van der Waals surface area contributed by atoms with Crippen molar-refractivity contribution < 1.29 is 30.3 Å². The van der Waals surface area contributed by atoms with E-state index in [2.05, 4.69) is 29.3 Å². The van der Waals surface area contributed by atoms with Gasteiger partial charge in [0.05, 0.1) is 13.1 Å². The lowest BCUT2D eigenvalue weighted by atomic mass is 10.0. The number of rotatable bonds is 4. The van der Waals surface area contributed by atoms with Crippen LogP contribution >= 0.6 is 0 Å². The molecular formula is C19H19BrF2N2. The molecule has 3 rings (SSSR count). The summed E-state index contributed by atoms with van der Waals surface area (Å²) in [5, 5.41) is 0. The predicted octanol–water partition coefficient (Wildman–Crippen LogP) is 1.43. The molecular weight excluding hydrogens is 374 g/mol. The zero-order chi connectivity index (χ0) is 16.4. The first kappa shape index (κ1) is 18.3. The van der Waals surface area contributed by atoms with Gasteiger partial charge in [-0.25, -0.2) is 17.9 Å². The van der Waals surface area contributed by atoms with E-state index in [4.69, 9.17) is 0 Å². The van der Waals surface area contributed by atoms with Crippen molar-refractivity contribution in [3.63, 3.8) is 0 Å². The first-order valence-electron chi connectivity index (χ1n) is 7.78. The van der Waals surface area contributed by atoms with E-state index >= 15 is 0 Å². The highest BCUT2D eigenvalue weighted by atomic mass is 79.9. The van der Waals surface area contributed by atoms with Crippen molar-refractivity contribution in [3.8, 4) is 22.5 Å². The minimum atomic E-state index is -0.255. The van der Waals surface area contributed by atoms with Crippen LogP contribution in [0.5, 0.6) is 0 Å². The molecule has 1 aromatic heterocycles. The molecule has 2 nitrogen and oxygen atoms in total. The number of hydrogen-bond donors (Lipinski definition) is 0. The molecule has 0 atom stereocenters. The van der Waals surface area contributed by atoms with E-state index in [1.54, 1.807) is 24.3 Å². The first-order valence-corrected chi connectivity index (χ1v) is 7.78. The Morgan fingerprint density at radius 2 is 1.33 bits per heavy atom. The van der Waals surface area contributed by atoms with Gasteiger partial charge in [0.25, 0.3) is 0 Å². The number of hydrogen-bond acceptors (Lipinski definition) is 0. The van der Waals surface area contributed by atoms with Gasteiger partial charge in [0.2, 0.25) is 6.33 Å². The van der Waals surface area contributed by atoms with Gasteiger partial charge >= 0.3 is 0 Å². The Balaban J connectivity index is 0.00000208. The number of imidazole rings is 1. The van der Waals surface area contributed by atoms with Crippen molar-refractivity contribution in [1.29, 1.82) is 0 Å². The van der Waals surface area contributed by atoms with Gasteiger partial charge in [0, 0.05) is 11.1 Å². The lowest BCUT2D eigenvalue weighted by Gasteiger charge is -2.05. The van der Waals surface area contributed by atoms with E-state index in [9.17, 15) is 8.78 Å². The smallest absolute Gasteiger partial charge is 0.244 e. The summed E-state index contributed by atoms with van der Waals surface area (Å²) in [6.07, 6.45) is 2.05. The SMILES string of the molecule is CCn1c[n+](CC)c(-c2ccc(F)cc2)c1-c1ccc(F)cc1.[Br-]. The molecule has 0 aliphatic carbocycles. The summed E-state index contributed by atoms with van der Waals surface area (Å²) in [7, 11) is 0. The van der Waals surface area contributed by atoms with E-state index < -0.39 is 0 Å². The summed E-state index contributed by atoms with van der Waals surface area (Å²) in [4.78, 5) is 0. The third-order valence-corrected chi connectivity index (χ3v) is 3.99. The molecule has 0 N–H and O–H groups in total. The Bertz CT molecular complexity index is 741. The van der Waals surface area contributed by atoms with Gasteiger partial charge in [-0.1, -0.05) is 0 Å². The summed E-state index contributed by atoms with van der Waals surface area (Å²) in [5.74, 6) is -0.509. The molecule has 0 aliphatic rings. The topological polar surface area (TPSA) is 8.81 Å². The Labute approximate surface area is 151 Å². The van der Waals surface area contributed by atoms with E-state index in [0.29, 0.717) is 0 Å². The molecule has 0 unspecified atom stereocenters. The van der Waals surface area contributed by atoms with Crippen molar-refractivity contribution >= 4 is 0 Å². The molecule has 0 fully saturated rings. The standard InChI is InChI=1S/C19H19F2N2.BrH/c1-3-22-13-23(4-2)19(15-7-11-17(21)12-8-15)18(22)14-5-9-16(20)10-6-14;/h5-13H,3-4H2,1-2H3;1H/q+1;/p-1. The fraction of sp³-hybridized carbons (Fsp3) is 0.211. The largest absolute Gasteiger partial charge is 1.00 e. The fourth-order valence-electron chi connectivity index (χ4n) is 2.86. The fourth-order valence-corrected chi connectivity index (χ4v) is 2.86. The zero-order valence-corrected chi connectivity index (χ0v) is 15.2. The summed E-state index contributed by atoms with van der Waals surface area (Å²) in [5.41, 5.74) is 3.92. The van der Waals surface area contributed by atoms with Crippen LogP contribution in [0.25, 0.3) is 22.5 Å². The van der Waals surface area contributed by atoms with Crippen molar-refractivity contribution in [3.05, 3.63) is 66.5 Å². The van der Waals surface area contributed by atoms with Crippen LogP contribution in [-0.2, 0) is 13.1 Å². The normalized spacial score (nSPS) is 10.5. The molecule has 1 heterocycles. The molecule has 5 heteroatoms. The maximum atomic E-state index is 13.3. The number of aryl methyl sites for hydroxylation is 2. The Morgan fingerprint density at radius 3 is 1.79 bits per heavy atom. The third-order valence-electron chi connectivity index (χ3n) is 3.99. The average molecular weight is 393 g/mol. The van der Waals surface area contributed by atoms with Crippen LogP contribution in [0.2, 0.25) is 0 Å². The highest BCUT2D eigenvalue weighted by Crippen LogP contribution is 2.30. The second-order valence-corrected chi connectivity index (χ2v) is 5.40. The van der Waals surface area contributed by atoms with E-state index in [0.717, 1.165) is 35.6 Å². The molecule has 0 radical (unpaired) electrons. The van der Waals surface area contributed by atoms with Crippen LogP contribution in [0, 0.1) is 11.6 Å². The minimum Gasteiger partial charge on any atom is -1.00 e. The number of benzene rings is 2. The Morgan fingerprint density at radius 1 is 0.833 bits per heavy atom. The van der Waals surface area contributed by atoms with Crippen molar-refractivity contribution in [2.75, 3.05) is 0 Å². The third kappa shape index (κ3) is 3.41. The number of nitrogens with zero attached hydrogens (tertiary/aromatic N) is 2. The highest BCUT2D eigenvalue weighted by molar-refractivity contribution is 5.76. The first-order chi connectivity index (χ1) is 11.1. The van der Waals surface area contributed by atoms with Crippen LogP contribution in [-0.4, -0.2) is 4.57 Å². The molecule has 0 saturated carbocycles. The quantitative estimate of drug-likeness (QED) is 0.594. The van der Waals surface area contributed by atoms with Gasteiger partial charge in [0.15, 0.2) is 11.4 Å². The maximum Gasteiger partial charge on any atom is 0.244 e. The summed E-state index contributed by atoms with van der Waals surface area (Å²) < 4.78 is 30.8. The molecule has 0 amide bonds. The second-order valence-electron chi connectivity index (χ2n) is 5.40. The summed E-state index contributed by atoms with van der Waals surface area (Å²) in [6.45, 7) is 5.74. The van der Waals surface area contributed by atoms with Crippen molar-refractivity contribution in [2.24, 2.45) is 0 Å². The van der Waals surface area contributed by atoms with E-state index in [-0.39, 0.29) is 28.6 Å². The van der Waals surface area contributed by atoms with Gasteiger partial charge in [-0.3, -0.25) is 0 Å². The summed E-state index contributed by atoms with van der Waals surface area (Å²) in [6, 6.07) is 13.0. The second kappa shape index (κ2) is 7.71. The predicted molar refractivity (Wildman–Crippen MR) is 86.8 cm³/mol. The van der Waals surface area contributed by atoms with Crippen LogP contribution in [0.4, 0.5) is 8.78 Å². The van der Waals surface area contributed by atoms with Gasteiger partial charge < -0.3 is 17.0 Å². The van der Waals surface area contributed by atoms with E-state index in [1.165, 1.54) is 24.3 Å². The molecule has 0 aliphatic heterocycles. The van der Waals surface area contributed by atoms with Crippen molar-refractivity contribution in [2.45, 2.75) is 26.9 Å². The zero-order valence-electron chi connectivity index (χ0n) is 13.6. The summed E-state index contributed by atoms with van der Waals surface area (Å²) >= 11 is 0. The minimum absolute atomic E-state index is 0. The van der Waals surface area contributed by atoms with Crippen LogP contribution < -0.4 is 21.5 Å². The van der Waals surface area contributed by atoms with Gasteiger partial charge in [-0.05, 0) is 62.4 Å². The molecule has 3 aromatic rings. The van der Waals surface area contributed by atoms with Gasteiger partial charge in [0.1, 0.15) is 11.6 Å². The number of halogens is 3. The monoisotopic (exact) mass is 392 g/mol. The van der Waals surface area contributed by atoms with E-state index in [1.807, 2.05) is 0 Å². The molecule has 126 valence electrons. The lowest BCUT2D eigenvalue weighted by molar-refractivity contribution is -0.682. The Kier molecular flexibility index (Phi) is 5.89. The molecule has 0 bridgehead atoms. The molecule has 0 spiro atoms. The van der Waals surface area contributed by atoms with Crippen LogP contribution in [0.15, 0.2) is 54.9 Å². The van der Waals surface area contributed by atoms with Crippen molar-refractivity contribution in [1.82, 2.24) is 4.57 Å². The highest BCUT2D eigenvalue weighted by Gasteiger charge is 2.24. The van der Waals surface area contributed by atoms with Crippen LogP contribution in [0.3, 0.4) is 0 Å².